The fraction of sp³-hybridized carbons (Fsp3) is 0.579. The zero-order valence-electron chi connectivity index (χ0n) is 15.5. The van der Waals surface area contributed by atoms with Gasteiger partial charge in [0.2, 0.25) is 5.91 Å². The molecule has 1 N–H and O–H groups in total. The number of methoxy groups -OCH3 is 2. The Morgan fingerprint density at radius 1 is 1.20 bits per heavy atom. The molecule has 6 nitrogen and oxygen atoms in total. The molecule has 1 aliphatic heterocycles. The average molecular weight is 348 g/mol. The molecule has 2 rings (SSSR count). The summed E-state index contributed by atoms with van der Waals surface area (Å²) in [5, 5.41) is 3.03. The maximum Gasteiger partial charge on any atom is 0.261 e. The van der Waals surface area contributed by atoms with Gasteiger partial charge in [0.25, 0.3) is 5.91 Å². The summed E-state index contributed by atoms with van der Waals surface area (Å²) >= 11 is 0. The second-order valence-electron chi connectivity index (χ2n) is 6.42. The van der Waals surface area contributed by atoms with Crippen molar-refractivity contribution in [3.05, 3.63) is 23.8 Å². The van der Waals surface area contributed by atoms with Crippen molar-refractivity contribution in [3.8, 4) is 11.5 Å². The number of hydrogen-bond donors (Lipinski definition) is 1. The van der Waals surface area contributed by atoms with Crippen LogP contribution in [0.5, 0.6) is 11.5 Å². The second-order valence-corrected chi connectivity index (χ2v) is 6.42. The lowest BCUT2D eigenvalue weighted by atomic mass is 9.95. The van der Waals surface area contributed by atoms with Crippen molar-refractivity contribution >= 4 is 11.8 Å². The molecule has 0 aromatic heterocycles. The van der Waals surface area contributed by atoms with Crippen molar-refractivity contribution in [2.24, 2.45) is 5.92 Å². The fourth-order valence-corrected chi connectivity index (χ4v) is 3.03. The zero-order chi connectivity index (χ0) is 18.4. The maximum absolute atomic E-state index is 12.9. The molecule has 0 spiro atoms. The zero-order valence-corrected chi connectivity index (χ0v) is 15.5. The summed E-state index contributed by atoms with van der Waals surface area (Å²) in [5.41, 5.74) is 0.440. The van der Waals surface area contributed by atoms with E-state index in [1.54, 1.807) is 23.1 Å². The molecule has 1 atom stereocenters. The van der Waals surface area contributed by atoms with Gasteiger partial charge in [-0.3, -0.25) is 9.59 Å². The first kappa shape index (κ1) is 19.1. The van der Waals surface area contributed by atoms with E-state index in [0.717, 1.165) is 6.42 Å². The summed E-state index contributed by atoms with van der Waals surface area (Å²) in [6.45, 7) is 5.16. The molecule has 0 unspecified atom stereocenters. The van der Waals surface area contributed by atoms with Crippen LogP contribution in [-0.4, -0.2) is 50.1 Å². The topological polar surface area (TPSA) is 67.9 Å². The molecule has 1 aromatic rings. The molecule has 138 valence electrons. The van der Waals surface area contributed by atoms with Crippen LogP contribution in [0.1, 0.15) is 43.5 Å². The van der Waals surface area contributed by atoms with Gasteiger partial charge in [0.15, 0.2) is 0 Å². The monoisotopic (exact) mass is 348 g/mol. The van der Waals surface area contributed by atoms with Gasteiger partial charge in [-0.15, -0.1) is 0 Å². The summed E-state index contributed by atoms with van der Waals surface area (Å²) in [5.74, 6) is 0.950. The number of piperidine rings is 1. The SMILES string of the molecule is CC[C@H](C)NC(=O)C1CCN(C(=O)c2c(OC)cccc2OC)CC1. The number of carbonyl (C=O) groups excluding carboxylic acids is 2. The number of benzene rings is 1. The van der Waals surface area contributed by atoms with E-state index < -0.39 is 0 Å². The van der Waals surface area contributed by atoms with E-state index in [4.69, 9.17) is 9.47 Å². The van der Waals surface area contributed by atoms with Crippen molar-refractivity contribution in [2.75, 3.05) is 27.3 Å². The largest absolute Gasteiger partial charge is 0.496 e. The lowest BCUT2D eigenvalue weighted by molar-refractivity contribution is -0.126. The van der Waals surface area contributed by atoms with Crippen molar-refractivity contribution in [1.29, 1.82) is 0 Å². The minimum Gasteiger partial charge on any atom is -0.496 e. The Hall–Kier alpha value is -2.24. The third kappa shape index (κ3) is 4.44. The van der Waals surface area contributed by atoms with E-state index in [0.29, 0.717) is 43.0 Å². The molecule has 2 amide bonds. The molecule has 1 aromatic carbocycles. The minimum absolute atomic E-state index is 0.0300. The number of likely N-dealkylation sites (tertiary alicyclic amines) is 1. The Morgan fingerprint density at radius 2 is 1.76 bits per heavy atom. The minimum atomic E-state index is -0.116. The molecule has 0 saturated carbocycles. The smallest absolute Gasteiger partial charge is 0.261 e. The highest BCUT2D eigenvalue weighted by Gasteiger charge is 2.30. The standard InChI is InChI=1S/C19H28N2O4/c1-5-13(2)20-18(22)14-9-11-21(12-10-14)19(23)17-15(24-3)7-6-8-16(17)25-4/h6-8,13-14H,5,9-12H2,1-4H3,(H,20,22)/t13-/m0/s1. The Kier molecular flexibility index (Phi) is 6.67. The van der Waals surface area contributed by atoms with Gasteiger partial charge in [-0.25, -0.2) is 0 Å². The lowest BCUT2D eigenvalue weighted by Crippen LogP contribution is -2.44. The predicted octanol–water partition coefficient (Wildman–Crippen LogP) is 2.47. The van der Waals surface area contributed by atoms with Crippen LogP contribution < -0.4 is 14.8 Å². The normalized spacial score (nSPS) is 16.2. The second kappa shape index (κ2) is 8.74. The number of amides is 2. The van der Waals surface area contributed by atoms with Gasteiger partial charge in [0.1, 0.15) is 17.1 Å². The van der Waals surface area contributed by atoms with E-state index in [2.05, 4.69) is 5.32 Å². The summed E-state index contributed by atoms with van der Waals surface area (Å²) in [7, 11) is 3.08. The number of nitrogens with zero attached hydrogens (tertiary/aromatic N) is 1. The van der Waals surface area contributed by atoms with E-state index in [9.17, 15) is 9.59 Å². The van der Waals surface area contributed by atoms with Crippen molar-refractivity contribution in [1.82, 2.24) is 10.2 Å². The highest BCUT2D eigenvalue weighted by atomic mass is 16.5. The van der Waals surface area contributed by atoms with Gasteiger partial charge in [-0.05, 0) is 38.3 Å². The van der Waals surface area contributed by atoms with Crippen LogP contribution in [0.2, 0.25) is 0 Å². The highest BCUT2D eigenvalue weighted by molar-refractivity contribution is 5.99. The first-order chi connectivity index (χ1) is 12.0. The van der Waals surface area contributed by atoms with Gasteiger partial charge in [0, 0.05) is 25.0 Å². The molecular weight excluding hydrogens is 320 g/mol. The van der Waals surface area contributed by atoms with Crippen molar-refractivity contribution in [2.45, 2.75) is 39.2 Å². The molecule has 1 aliphatic rings. The number of carbonyl (C=O) groups is 2. The fourth-order valence-electron chi connectivity index (χ4n) is 3.03. The van der Waals surface area contributed by atoms with E-state index >= 15 is 0 Å². The van der Waals surface area contributed by atoms with Crippen LogP contribution in [0.4, 0.5) is 0 Å². The van der Waals surface area contributed by atoms with Crippen LogP contribution >= 0.6 is 0 Å². The Bertz CT molecular complexity index is 587. The summed E-state index contributed by atoms with van der Waals surface area (Å²) in [6.07, 6.45) is 2.26. The third-order valence-corrected chi connectivity index (χ3v) is 4.80. The molecule has 6 heteroatoms. The van der Waals surface area contributed by atoms with Gasteiger partial charge < -0.3 is 19.7 Å². The summed E-state index contributed by atoms with van der Waals surface area (Å²) < 4.78 is 10.6. The first-order valence-corrected chi connectivity index (χ1v) is 8.82. The van der Waals surface area contributed by atoms with E-state index in [-0.39, 0.29) is 23.8 Å². The third-order valence-electron chi connectivity index (χ3n) is 4.80. The molecule has 1 saturated heterocycles. The van der Waals surface area contributed by atoms with Crippen LogP contribution in [0, 0.1) is 5.92 Å². The molecule has 0 aliphatic carbocycles. The number of nitrogens with one attached hydrogen (secondary N) is 1. The van der Waals surface area contributed by atoms with Crippen LogP contribution in [-0.2, 0) is 4.79 Å². The van der Waals surface area contributed by atoms with Crippen LogP contribution in [0.15, 0.2) is 18.2 Å². The van der Waals surface area contributed by atoms with Gasteiger partial charge in [-0.2, -0.15) is 0 Å². The molecule has 1 fully saturated rings. The summed E-state index contributed by atoms with van der Waals surface area (Å²) in [4.78, 5) is 27.0. The molecule has 0 bridgehead atoms. The summed E-state index contributed by atoms with van der Waals surface area (Å²) in [6, 6.07) is 5.48. The van der Waals surface area contributed by atoms with E-state index in [1.807, 2.05) is 13.8 Å². The van der Waals surface area contributed by atoms with Crippen LogP contribution in [0.25, 0.3) is 0 Å². The number of hydrogen-bond acceptors (Lipinski definition) is 4. The van der Waals surface area contributed by atoms with Crippen molar-refractivity contribution < 1.29 is 19.1 Å². The molecule has 25 heavy (non-hydrogen) atoms. The molecule has 0 radical (unpaired) electrons. The lowest BCUT2D eigenvalue weighted by Gasteiger charge is -2.32. The van der Waals surface area contributed by atoms with Gasteiger partial charge in [0.05, 0.1) is 14.2 Å². The number of rotatable bonds is 6. The van der Waals surface area contributed by atoms with Gasteiger partial charge in [-0.1, -0.05) is 13.0 Å². The quantitative estimate of drug-likeness (QED) is 0.857. The highest BCUT2D eigenvalue weighted by Crippen LogP contribution is 2.31. The van der Waals surface area contributed by atoms with E-state index in [1.165, 1.54) is 14.2 Å². The Labute approximate surface area is 149 Å². The van der Waals surface area contributed by atoms with Crippen molar-refractivity contribution in [3.63, 3.8) is 0 Å². The molecule has 1 heterocycles. The maximum atomic E-state index is 12.9. The van der Waals surface area contributed by atoms with Gasteiger partial charge >= 0.3 is 0 Å². The Morgan fingerprint density at radius 3 is 2.24 bits per heavy atom. The van der Waals surface area contributed by atoms with Crippen LogP contribution in [0.3, 0.4) is 0 Å². The molecular formula is C19H28N2O4. The number of ether oxygens (including phenoxy) is 2. The average Bonchev–Trinajstić information content (AvgIpc) is 2.66. The predicted molar refractivity (Wildman–Crippen MR) is 96.1 cm³/mol. The first-order valence-electron chi connectivity index (χ1n) is 8.82. The Balaban J connectivity index is 2.04.